The van der Waals surface area contributed by atoms with Crippen molar-refractivity contribution in [3.63, 3.8) is 0 Å². The lowest BCUT2D eigenvalue weighted by Gasteiger charge is -1.92. The van der Waals surface area contributed by atoms with Crippen LogP contribution in [0.5, 0.6) is 0 Å². The average molecular weight is 204 g/mol. The first-order valence-electron chi connectivity index (χ1n) is 5.91. The monoisotopic (exact) mass is 204 g/mol. The van der Waals surface area contributed by atoms with E-state index in [9.17, 15) is 0 Å². The van der Waals surface area contributed by atoms with Gasteiger partial charge in [0.1, 0.15) is 0 Å². The minimum atomic E-state index is 1.08. The zero-order valence-corrected chi connectivity index (χ0v) is 10.4. The predicted octanol–water partition coefficient (Wildman–Crippen LogP) is 5.20. The van der Waals surface area contributed by atoms with E-state index in [4.69, 9.17) is 0 Å². The van der Waals surface area contributed by atoms with Crippen LogP contribution in [-0.2, 0) is 0 Å². The Morgan fingerprint density at radius 2 is 2.00 bits per heavy atom. The van der Waals surface area contributed by atoms with Gasteiger partial charge in [0.05, 0.1) is 0 Å². The summed E-state index contributed by atoms with van der Waals surface area (Å²) in [6.45, 7) is 10.2. The first kappa shape index (κ1) is 14.0. The summed E-state index contributed by atoms with van der Waals surface area (Å²) in [5.74, 6) is 0. The highest BCUT2D eigenvalue weighted by Gasteiger charge is 1.99. The molecule has 0 N–H and O–H groups in total. The highest BCUT2D eigenvalue weighted by Crippen LogP contribution is 2.18. The fourth-order valence-electron chi connectivity index (χ4n) is 1.37. The van der Waals surface area contributed by atoms with Crippen LogP contribution in [0.2, 0.25) is 0 Å². The van der Waals surface area contributed by atoms with E-state index < -0.39 is 0 Å². The number of hydrogen-bond donors (Lipinski definition) is 0. The topological polar surface area (TPSA) is 0 Å². The van der Waals surface area contributed by atoms with Gasteiger partial charge in [-0.25, -0.2) is 0 Å². The van der Waals surface area contributed by atoms with E-state index >= 15 is 0 Å². The van der Waals surface area contributed by atoms with E-state index in [1.807, 2.05) is 6.08 Å². The molecule has 84 valence electrons. The van der Waals surface area contributed by atoms with Gasteiger partial charge in [0.15, 0.2) is 0 Å². The molecule has 0 atom stereocenters. The predicted molar refractivity (Wildman–Crippen MR) is 71.0 cm³/mol. The lowest BCUT2D eigenvalue weighted by molar-refractivity contribution is 0.772. The van der Waals surface area contributed by atoms with Gasteiger partial charge in [-0.3, -0.25) is 0 Å². The maximum absolute atomic E-state index is 3.62. The van der Waals surface area contributed by atoms with Crippen molar-refractivity contribution < 1.29 is 0 Å². The molecule has 0 saturated carbocycles. The van der Waals surface area contributed by atoms with Crippen molar-refractivity contribution in [3.05, 3.63) is 48.1 Å². The Labute approximate surface area is 95.1 Å². The molecule has 0 unspecified atom stereocenters. The minimum Gasteiger partial charge on any atom is -0.0991 e. The fourth-order valence-corrected chi connectivity index (χ4v) is 1.37. The van der Waals surface area contributed by atoms with Gasteiger partial charge in [0.25, 0.3) is 0 Å². The van der Waals surface area contributed by atoms with E-state index in [1.54, 1.807) is 6.08 Å². The van der Waals surface area contributed by atoms with Crippen molar-refractivity contribution in [2.24, 2.45) is 0 Å². The number of allylic oxidation sites excluding steroid dienone is 7. The smallest absolute Gasteiger partial charge is 0.00916 e. The number of hydrogen-bond acceptors (Lipinski definition) is 0. The summed E-state index contributed by atoms with van der Waals surface area (Å²) < 4.78 is 0. The first-order chi connectivity index (χ1) is 7.26. The van der Waals surface area contributed by atoms with Crippen LogP contribution in [0.25, 0.3) is 0 Å². The van der Waals surface area contributed by atoms with Crippen molar-refractivity contribution in [2.45, 2.75) is 46.5 Å². The third-order valence-electron chi connectivity index (χ3n) is 2.35. The maximum Gasteiger partial charge on any atom is -0.00916 e. The van der Waals surface area contributed by atoms with E-state index in [0.717, 1.165) is 6.42 Å². The molecular weight excluding hydrogens is 180 g/mol. The lowest BCUT2D eigenvalue weighted by Crippen LogP contribution is -1.72. The lowest BCUT2D eigenvalue weighted by atomic mass is 10.1. The van der Waals surface area contributed by atoms with Gasteiger partial charge in [-0.2, -0.15) is 0 Å². The van der Waals surface area contributed by atoms with Gasteiger partial charge in [0.2, 0.25) is 0 Å². The Kier molecular flexibility index (Phi) is 8.85. The van der Waals surface area contributed by atoms with Crippen molar-refractivity contribution in [3.8, 4) is 0 Å². The fraction of sp³-hybridized carbons (Fsp3) is 0.467. The second-order valence-corrected chi connectivity index (χ2v) is 3.76. The third-order valence-corrected chi connectivity index (χ3v) is 2.35. The van der Waals surface area contributed by atoms with Crippen LogP contribution in [0.3, 0.4) is 0 Å². The van der Waals surface area contributed by atoms with Crippen LogP contribution in [-0.4, -0.2) is 0 Å². The molecule has 1 aliphatic rings. The molecular formula is C15H24. The van der Waals surface area contributed by atoms with Gasteiger partial charge in [0, 0.05) is 0 Å². The summed E-state index contributed by atoms with van der Waals surface area (Å²) in [5, 5.41) is 0. The van der Waals surface area contributed by atoms with Crippen LogP contribution >= 0.6 is 0 Å². The van der Waals surface area contributed by atoms with Gasteiger partial charge >= 0.3 is 0 Å². The molecule has 1 rings (SSSR count). The second-order valence-electron chi connectivity index (χ2n) is 3.76. The highest BCUT2D eigenvalue weighted by atomic mass is 14.0. The standard InChI is InChI=1S/C10H12.C5H12/c1-3-4-7-10-8-5-6-9(10)2;1-3-5-4-2/h3-7H,1,8H2,2H3;3-5H2,1-2H3/b7-4-;. The highest BCUT2D eigenvalue weighted by molar-refractivity contribution is 5.39. The summed E-state index contributed by atoms with van der Waals surface area (Å²) in [6.07, 6.45) is 15.4. The molecule has 0 aromatic rings. The Balaban J connectivity index is 0.000000336. The van der Waals surface area contributed by atoms with Gasteiger partial charge in [-0.05, 0) is 24.5 Å². The van der Waals surface area contributed by atoms with Crippen LogP contribution in [0.4, 0.5) is 0 Å². The second kappa shape index (κ2) is 9.51. The molecule has 0 heteroatoms. The molecule has 0 saturated heterocycles. The quantitative estimate of drug-likeness (QED) is 0.552. The molecule has 0 bridgehead atoms. The summed E-state index contributed by atoms with van der Waals surface area (Å²) in [4.78, 5) is 0. The van der Waals surface area contributed by atoms with Gasteiger partial charge in [-0.15, -0.1) is 0 Å². The average Bonchev–Trinajstić information content (AvgIpc) is 2.63. The molecule has 0 fully saturated rings. The molecule has 0 aromatic heterocycles. The van der Waals surface area contributed by atoms with Crippen molar-refractivity contribution in [1.82, 2.24) is 0 Å². The Morgan fingerprint density at radius 3 is 2.33 bits per heavy atom. The van der Waals surface area contributed by atoms with Crippen LogP contribution in [0, 0.1) is 0 Å². The molecule has 15 heavy (non-hydrogen) atoms. The van der Waals surface area contributed by atoms with E-state index in [0.29, 0.717) is 0 Å². The van der Waals surface area contributed by atoms with Crippen molar-refractivity contribution >= 4 is 0 Å². The van der Waals surface area contributed by atoms with E-state index in [2.05, 4.69) is 45.6 Å². The summed E-state index contributed by atoms with van der Waals surface area (Å²) >= 11 is 0. The van der Waals surface area contributed by atoms with Crippen molar-refractivity contribution in [2.75, 3.05) is 0 Å². The van der Waals surface area contributed by atoms with Crippen LogP contribution < -0.4 is 0 Å². The first-order valence-corrected chi connectivity index (χ1v) is 5.91. The maximum atomic E-state index is 3.62. The SMILES string of the molecule is C=C/C=C\C1=C(C)C=CC1.CCCCC. The van der Waals surface area contributed by atoms with Crippen LogP contribution in [0.1, 0.15) is 46.5 Å². The molecule has 0 radical (unpaired) electrons. The summed E-state index contributed by atoms with van der Waals surface area (Å²) in [6, 6.07) is 0. The molecule has 0 heterocycles. The molecule has 0 aliphatic heterocycles. The molecule has 0 spiro atoms. The normalized spacial score (nSPS) is 14.3. The van der Waals surface area contributed by atoms with Gasteiger partial charge in [-0.1, -0.05) is 70.1 Å². The number of rotatable bonds is 4. The van der Waals surface area contributed by atoms with Gasteiger partial charge < -0.3 is 0 Å². The molecule has 0 aromatic carbocycles. The number of unbranched alkanes of at least 4 members (excludes halogenated alkanes) is 2. The third kappa shape index (κ3) is 6.96. The van der Waals surface area contributed by atoms with Crippen LogP contribution in [0.15, 0.2) is 48.1 Å². The minimum absolute atomic E-state index is 1.08. The summed E-state index contributed by atoms with van der Waals surface area (Å²) in [7, 11) is 0. The Bertz CT molecular complexity index is 249. The zero-order chi connectivity index (χ0) is 11.5. The van der Waals surface area contributed by atoms with E-state index in [1.165, 1.54) is 30.4 Å². The zero-order valence-electron chi connectivity index (χ0n) is 10.4. The van der Waals surface area contributed by atoms with Crippen molar-refractivity contribution in [1.29, 1.82) is 0 Å². The van der Waals surface area contributed by atoms with E-state index in [-0.39, 0.29) is 0 Å². The molecule has 0 nitrogen and oxygen atoms in total. The molecule has 0 amide bonds. The largest absolute Gasteiger partial charge is 0.0991 e. The Morgan fingerprint density at radius 1 is 1.33 bits per heavy atom. The summed E-state index contributed by atoms with van der Waals surface area (Å²) in [5.41, 5.74) is 2.78. The Hall–Kier alpha value is -1.04. The molecule has 1 aliphatic carbocycles.